The Hall–Kier alpha value is -0.0800. The SMILES string of the molecule is CCC(C)NC(CCN(C)C)C(C)(C)C. The first kappa shape index (κ1) is 14.9. The van der Waals surface area contributed by atoms with Gasteiger partial charge in [0.2, 0.25) is 0 Å². The van der Waals surface area contributed by atoms with Gasteiger partial charge in [0.1, 0.15) is 0 Å². The highest BCUT2D eigenvalue weighted by Crippen LogP contribution is 2.22. The second kappa shape index (κ2) is 6.49. The van der Waals surface area contributed by atoms with Gasteiger partial charge in [-0.1, -0.05) is 27.7 Å². The predicted molar refractivity (Wildman–Crippen MR) is 69.3 cm³/mol. The first-order chi connectivity index (χ1) is 6.77. The summed E-state index contributed by atoms with van der Waals surface area (Å²) in [4.78, 5) is 2.26. The van der Waals surface area contributed by atoms with Crippen molar-refractivity contribution in [3.63, 3.8) is 0 Å². The zero-order valence-electron chi connectivity index (χ0n) is 11.7. The molecule has 0 aliphatic rings. The van der Waals surface area contributed by atoms with Crippen LogP contribution in [-0.2, 0) is 0 Å². The van der Waals surface area contributed by atoms with Gasteiger partial charge in [0.15, 0.2) is 0 Å². The van der Waals surface area contributed by atoms with Gasteiger partial charge in [-0.25, -0.2) is 0 Å². The summed E-state index contributed by atoms with van der Waals surface area (Å²) >= 11 is 0. The van der Waals surface area contributed by atoms with Crippen molar-refractivity contribution in [2.45, 2.75) is 59.5 Å². The van der Waals surface area contributed by atoms with Crippen LogP contribution < -0.4 is 5.32 Å². The summed E-state index contributed by atoms with van der Waals surface area (Å²) < 4.78 is 0. The smallest absolute Gasteiger partial charge is 0.0130 e. The van der Waals surface area contributed by atoms with Crippen LogP contribution in [-0.4, -0.2) is 37.6 Å². The molecule has 2 nitrogen and oxygen atoms in total. The van der Waals surface area contributed by atoms with E-state index in [1.807, 2.05) is 0 Å². The molecule has 0 bridgehead atoms. The fourth-order valence-corrected chi connectivity index (χ4v) is 1.61. The van der Waals surface area contributed by atoms with Gasteiger partial charge in [-0.2, -0.15) is 0 Å². The van der Waals surface area contributed by atoms with Gasteiger partial charge in [-0.3, -0.25) is 0 Å². The average Bonchev–Trinajstić information content (AvgIpc) is 2.09. The molecular formula is C13H30N2. The van der Waals surface area contributed by atoms with E-state index >= 15 is 0 Å². The number of hydrogen-bond acceptors (Lipinski definition) is 2. The molecule has 0 saturated carbocycles. The van der Waals surface area contributed by atoms with E-state index in [0.29, 0.717) is 17.5 Å². The van der Waals surface area contributed by atoms with Crippen LogP contribution in [0.3, 0.4) is 0 Å². The van der Waals surface area contributed by atoms with E-state index in [1.54, 1.807) is 0 Å². The van der Waals surface area contributed by atoms with Crippen LogP contribution in [0.5, 0.6) is 0 Å². The van der Waals surface area contributed by atoms with Crippen LogP contribution in [0.2, 0.25) is 0 Å². The largest absolute Gasteiger partial charge is 0.311 e. The molecule has 0 saturated heterocycles. The van der Waals surface area contributed by atoms with E-state index in [-0.39, 0.29) is 0 Å². The highest BCUT2D eigenvalue weighted by atomic mass is 15.1. The Morgan fingerprint density at radius 2 is 1.73 bits per heavy atom. The van der Waals surface area contributed by atoms with Gasteiger partial charge < -0.3 is 10.2 Å². The minimum Gasteiger partial charge on any atom is -0.311 e. The third-order valence-corrected chi connectivity index (χ3v) is 3.01. The molecular weight excluding hydrogens is 184 g/mol. The lowest BCUT2D eigenvalue weighted by molar-refractivity contribution is 0.216. The molecule has 2 atom stereocenters. The monoisotopic (exact) mass is 214 g/mol. The van der Waals surface area contributed by atoms with Crippen LogP contribution in [0.15, 0.2) is 0 Å². The van der Waals surface area contributed by atoms with E-state index in [2.05, 4.69) is 58.9 Å². The molecule has 0 amide bonds. The molecule has 0 heterocycles. The Labute approximate surface area is 96.4 Å². The second-order valence-corrected chi connectivity index (χ2v) is 5.99. The van der Waals surface area contributed by atoms with Gasteiger partial charge >= 0.3 is 0 Å². The number of hydrogen-bond donors (Lipinski definition) is 1. The maximum atomic E-state index is 3.74. The zero-order valence-corrected chi connectivity index (χ0v) is 11.7. The van der Waals surface area contributed by atoms with Crippen molar-refractivity contribution < 1.29 is 0 Å². The Bertz CT molecular complexity index is 158. The van der Waals surface area contributed by atoms with Crippen LogP contribution >= 0.6 is 0 Å². The first-order valence-corrected chi connectivity index (χ1v) is 6.18. The van der Waals surface area contributed by atoms with Gasteiger partial charge in [0.25, 0.3) is 0 Å². The van der Waals surface area contributed by atoms with Crippen molar-refractivity contribution in [3.05, 3.63) is 0 Å². The molecule has 1 N–H and O–H groups in total. The van der Waals surface area contributed by atoms with Gasteiger partial charge in [0.05, 0.1) is 0 Å². The normalized spacial score (nSPS) is 16.8. The molecule has 92 valence electrons. The molecule has 0 radical (unpaired) electrons. The average molecular weight is 214 g/mol. The maximum absolute atomic E-state index is 3.74. The van der Waals surface area contributed by atoms with Crippen LogP contribution in [0.25, 0.3) is 0 Å². The zero-order chi connectivity index (χ0) is 12.1. The Morgan fingerprint density at radius 3 is 2.07 bits per heavy atom. The predicted octanol–water partition coefficient (Wildman–Crippen LogP) is 2.74. The molecule has 0 spiro atoms. The Kier molecular flexibility index (Phi) is 6.46. The first-order valence-electron chi connectivity index (χ1n) is 6.18. The van der Waals surface area contributed by atoms with Crippen molar-refractivity contribution in [1.29, 1.82) is 0 Å². The van der Waals surface area contributed by atoms with E-state index in [1.165, 1.54) is 12.8 Å². The molecule has 15 heavy (non-hydrogen) atoms. The highest BCUT2D eigenvalue weighted by Gasteiger charge is 2.24. The van der Waals surface area contributed by atoms with E-state index in [4.69, 9.17) is 0 Å². The standard InChI is InChI=1S/C13H30N2/c1-8-11(2)14-12(13(3,4)5)9-10-15(6)7/h11-12,14H,8-10H2,1-7H3. The molecule has 0 fully saturated rings. The highest BCUT2D eigenvalue weighted by molar-refractivity contribution is 4.82. The fraction of sp³-hybridized carbons (Fsp3) is 1.00. The Balaban J connectivity index is 4.20. The van der Waals surface area contributed by atoms with Crippen LogP contribution in [0.1, 0.15) is 47.5 Å². The minimum atomic E-state index is 0.347. The number of nitrogens with one attached hydrogen (secondary N) is 1. The van der Waals surface area contributed by atoms with E-state index in [9.17, 15) is 0 Å². The van der Waals surface area contributed by atoms with Crippen molar-refractivity contribution in [2.75, 3.05) is 20.6 Å². The molecule has 2 unspecified atom stereocenters. The summed E-state index contributed by atoms with van der Waals surface area (Å²) in [6, 6.07) is 1.23. The summed E-state index contributed by atoms with van der Waals surface area (Å²) in [5.41, 5.74) is 0.347. The van der Waals surface area contributed by atoms with Gasteiger partial charge in [0, 0.05) is 12.1 Å². The second-order valence-electron chi connectivity index (χ2n) is 5.99. The summed E-state index contributed by atoms with van der Waals surface area (Å²) in [7, 11) is 4.28. The fourth-order valence-electron chi connectivity index (χ4n) is 1.61. The minimum absolute atomic E-state index is 0.347. The number of nitrogens with zero attached hydrogens (tertiary/aromatic N) is 1. The summed E-state index contributed by atoms with van der Waals surface area (Å²) in [6.45, 7) is 12.6. The van der Waals surface area contributed by atoms with Crippen LogP contribution in [0, 0.1) is 5.41 Å². The summed E-state index contributed by atoms with van der Waals surface area (Å²) in [5.74, 6) is 0. The maximum Gasteiger partial charge on any atom is 0.0130 e. The van der Waals surface area contributed by atoms with Crippen molar-refractivity contribution in [3.8, 4) is 0 Å². The van der Waals surface area contributed by atoms with Crippen molar-refractivity contribution in [2.24, 2.45) is 5.41 Å². The van der Waals surface area contributed by atoms with Gasteiger partial charge in [-0.05, 0) is 45.8 Å². The van der Waals surface area contributed by atoms with Crippen molar-refractivity contribution >= 4 is 0 Å². The lowest BCUT2D eigenvalue weighted by Gasteiger charge is -2.34. The Morgan fingerprint density at radius 1 is 1.20 bits per heavy atom. The van der Waals surface area contributed by atoms with E-state index in [0.717, 1.165) is 6.54 Å². The lowest BCUT2D eigenvalue weighted by Crippen LogP contribution is -2.46. The summed E-state index contributed by atoms with van der Waals surface area (Å²) in [5, 5.41) is 3.74. The topological polar surface area (TPSA) is 15.3 Å². The lowest BCUT2D eigenvalue weighted by atomic mass is 9.84. The van der Waals surface area contributed by atoms with E-state index < -0.39 is 0 Å². The molecule has 0 aliphatic heterocycles. The molecule has 0 rings (SSSR count). The molecule has 2 heteroatoms. The molecule has 0 aromatic heterocycles. The molecule has 0 aromatic carbocycles. The van der Waals surface area contributed by atoms with Crippen molar-refractivity contribution in [1.82, 2.24) is 10.2 Å². The third kappa shape index (κ3) is 6.91. The van der Waals surface area contributed by atoms with Crippen LogP contribution in [0.4, 0.5) is 0 Å². The summed E-state index contributed by atoms with van der Waals surface area (Å²) in [6.07, 6.45) is 2.43. The quantitative estimate of drug-likeness (QED) is 0.731. The number of rotatable bonds is 6. The van der Waals surface area contributed by atoms with Gasteiger partial charge in [-0.15, -0.1) is 0 Å². The molecule has 0 aromatic rings. The third-order valence-electron chi connectivity index (χ3n) is 3.01. The molecule has 0 aliphatic carbocycles.